The highest BCUT2D eigenvalue weighted by molar-refractivity contribution is 6.33. The zero-order chi connectivity index (χ0) is 13.2. The maximum absolute atomic E-state index is 12.1. The van der Waals surface area contributed by atoms with Crippen LogP contribution in [-0.4, -0.2) is 18.4 Å². The highest BCUT2D eigenvalue weighted by Gasteiger charge is 2.34. The van der Waals surface area contributed by atoms with Gasteiger partial charge in [-0.25, -0.2) is 0 Å². The molecule has 0 bridgehead atoms. The first-order valence-corrected chi connectivity index (χ1v) is 4.68. The van der Waals surface area contributed by atoms with Gasteiger partial charge in [0.15, 0.2) is 17.8 Å². The number of carbonyl (C=O) groups excluding carboxylic acids is 2. The molecule has 0 unspecified atom stereocenters. The van der Waals surface area contributed by atoms with Gasteiger partial charge in [0.2, 0.25) is 0 Å². The average molecular weight is 267 g/mol. The van der Waals surface area contributed by atoms with Gasteiger partial charge in [-0.05, 0) is 19.1 Å². The molecule has 0 aromatic heterocycles. The molecule has 0 radical (unpaired) electrons. The van der Waals surface area contributed by atoms with Crippen LogP contribution in [0.15, 0.2) is 12.1 Å². The normalized spacial score (nSPS) is 11.1. The highest BCUT2D eigenvalue weighted by Crippen LogP contribution is 2.33. The molecule has 1 aromatic carbocycles. The average Bonchev–Trinajstić information content (AvgIpc) is 2.15. The van der Waals surface area contributed by atoms with E-state index in [1.165, 1.54) is 0 Å². The van der Waals surface area contributed by atoms with Gasteiger partial charge in [0.1, 0.15) is 0 Å². The van der Waals surface area contributed by atoms with E-state index in [-0.39, 0.29) is 16.9 Å². The van der Waals surface area contributed by atoms with Gasteiger partial charge in [-0.3, -0.25) is 9.59 Å². The van der Waals surface area contributed by atoms with Crippen LogP contribution < -0.4 is 4.74 Å². The van der Waals surface area contributed by atoms with E-state index >= 15 is 0 Å². The fourth-order valence-corrected chi connectivity index (χ4v) is 1.38. The topological polar surface area (TPSA) is 43.4 Å². The van der Waals surface area contributed by atoms with Gasteiger partial charge in [0.05, 0.1) is 16.1 Å². The standard InChI is InChI=1S/C10H6ClF3O3/c1-5(16)6-2-3-8(11)7(4-15)9(6)17-10(12,13)14/h2-4H,1H3. The predicted molar refractivity (Wildman–Crippen MR) is 53.5 cm³/mol. The highest BCUT2D eigenvalue weighted by atomic mass is 35.5. The predicted octanol–water partition coefficient (Wildman–Crippen LogP) is 3.25. The third kappa shape index (κ3) is 3.20. The SMILES string of the molecule is CC(=O)c1ccc(Cl)c(C=O)c1OC(F)(F)F. The van der Waals surface area contributed by atoms with E-state index in [2.05, 4.69) is 4.74 Å². The molecular formula is C10H6ClF3O3. The van der Waals surface area contributed by atoms with Crippen molar-refractivity contribution in [3.8, 4) is 5.75 Å². The summed E-state index contributed by atoms with van der Waals surface area (Å²) in [5, 5.41) is -0.218. The molecule has 0 atom stereocenters. The Balaban J connectivity index is 3.44. The lowest BCUT2D eigenvalue weighted by molar-refractivity contribution is -0.274. The minimum Gasteiger partial charge on any atom is -0.404 e. The number of alkyl halides is 3. The number of ketones is 1. The van der Waals surface area contributed by atoms with Crippen molar-refractivity contribution in [2.45, 2.75) is 13.3 Å². The number of rotatable bonds is 3. The zero-order valence-electron chi connectivity index (χ0n) is 8.47. The van der Waals surface area contributed by atoms with Crippen molar-refractivity contribution >= 4 is 23.7 Å². The maximum atomic E-state index is 12.1. The molecule has 0 aliphatic carbocycles. The summed E-state index contributed by atoms with van der Waals surface area (Å²) in [4.78, 5) is 21.8. The molecule has 0 heterocycles. The minimum absolute atomic E-state index is 0.107. The first-order chi connectivity index (χ1) is 7.76. The van der Waals surface area contributed by atoms with E-state index in [1.807, 2.05) is 0 Å². The quantitative estimate of drug-likeness (QED) is 0.623. The molecule has 0 spiro atoms. The Morgan fingerprint density at radius 3 is 2.41 bits per heavy atom. The van der Waals surface area contributed by atoms with E-state index < -0.39 is 23.5 Å². The van der Waals surface area contributed by atoms with Gasteiger partial charge in [-0.15, -0.1) is 13.2 Å². The number of aldehydes is 1. The first-order valence-electron chi connectivity index (χ1n) is 4.30. The summed E-state index contributed by atoms with van der Waals surface area (Å²) < 4.78 is 40.1. The van der Waals surface area contributed by atoms with Crippen molar-refractivity contribution in [2.24, 2.45) is 0 Å². The number of carbonyl (C=O) groups is 2. The summed E-state index contributed by atoms with van der Waals surface area (Å²) in [6.45, 7) is 1.06. The van der Waals surface area contributed by atoms with Crippen molar-refractivity contribution in [3.05, 3.63) is 28.3 Å². The number of Topliss-reactive ketones (excluding diaryl/α,β-unsaturated/α-hetero) is 1. The molecule has 7 heteroatoms. The van der Waals surface area contributed by atoms with Gasteiger partial charge < -0.3 is 4.74 Å². The van der Waals surface area contributed by atoms with Crippen LogP contribution in [0, 0.1) is 0 Å². The summed E-state index contributed by atoms with van der Waals surface area (Å²) in [6, 6.07) is 2.23. The van der Waals surface area contributed by atoms with E-state index in [0.717, 1.165) is 19.1 Å². The van der Waals surface area contributed by atoms with Crippen molar-refractivity contribution in [2.75, 3.05) is 0 Å². The van der Waals surface area contributed by atoms with Crippen molar-refractivity contribution in [1.82, 2.24) is 0 Å². The minimum atomic E-state index is -5.01. The number of benzene rings is 1. The van der Waals surface area contributed by atoms with Crippen LogP contribution in [0.3, 0.4) is 0 Å². The van der Waals surface area contributed by atoms with Crippen LogP contribution in [0.2, 0.25) is 5.02 Å². The molecule has 0 saturated carbocycles. The molecule has 0 aliphatic rings. The Bertz CT molecular complexity index is 469. The second-order valence-corrected chi connectivity index (χ2v) is 3.47. The second-order valence-electron chi connectivity index (χ2n) is 3.06. The Labute approximate surface area is 99.1 Å². The third-order valence-corrected chi connectivity index (χ3v) is 2.19. The Hall–Kier alpha value is -1.56. The Morgan fingerprint density at radius 2 is 2.00 bits per heavy atom. The van der Waals surface area contributed by atoms with Gasteiger partial charge in [0.25, 0.3) is 0 Å². The summed E-state index contributed by atoms with van der Waals surface area (Å²) in [7, 11) is 0. The molecule has 0 fully saturated rings. The second kappa shape index (κ2) is 4.75. The smallest absolute Gasteiger partial charge is 0.404 e. The lowest BCUT2D eigenvalue weighted by atomic mass is 10.1. The number of hydrogen-bond donors (Lipinski definition) is 0. The molecule has 1 aromatic rings. The summed E-state index contributed by atoms with van der Waals surface area (Å²) in [5.41, 5.74) is -0.856. The van der Waals surface area contributed by atoms with Crippen molar-refractivity contribution in [1.29, 1.82) is 0 Å². The molecular weight excluding hydrogens is 261 g/mol. The third-order valence-electron chi connectivity index (χ3n) is 1.86. The summed E-state index contributed by atoms with van der Waals surface area (Å²) >= 11 is 5.55. The first kappa shape index (κ1) is 13.5. The van der Waals surface area contributed by atoms with E-state index in [9.17, 15) is 22.8 Å². The largest absolute Gasteiger partial charge is 0.573 e. The van der Waals surface area contributed by atoms with Crippen LogP contribution in [-0.2, 0) is 0 Å². The Morgan fingerprint density at radius 1 is 1.41 bits per heavy atom. The van der Waals surface area contributed by atoms with Gasteiger partial charge in [-0.1, -0.05) is 11.6 Å². The molecule has 0 saturated heterocycles. The van der Waals surface area contributed by atoms with Crippen LogP contribution in [0.5, 0.6) is 5.75 Å². The van der Waals surface area contributed by atoms with E-state index in [1.54, 1.807) is 0 Å². The van der Waals surface area contributed by atoms with Crippen LogP contribution >= 0.6 is 11.6 Å². The van der Waals surface area contributed by atoms with Crippen LogP contribution in [0.1, 0.15) is 27.6 Å². The summed E-state index contributed by atoms with van der Waals surface area (Å²) in [6.07, 6.45) is -4.90. The number of hydrogen-bond acceptors (Lipinski definition) is 3. The molecule has 92 valence electrons. The van der Waals surface area contributed by atoms with Crippen LogP contribution in [0.4, 0.5) is 13.2 Å². The lowest BCUT2D eigenvalue weighted by Gasteiger charge is -2.14. The monoisotopic (exact) mass is 266 g/mol. The number of ether oxygens (including phenoxy) is 1. The van der Waals surface area contributed by atoms with E-state index in [4.69, 9.17) is 11.6 Å². The van der Waals surface area contributed by atoms with Gasteiger partial charge in [-0.2, -0.15) is 0 Å². The van der Waals surface area contributed by atoms with Crippen molar-refractivity contribution < 1.29 is 27.5 Å². The molecule has 0 N–H and O–H groups in total. The molecule has 0 aliphatic heterocycles. The number of halogens is 4. The Kier molecular flexibility index (Phi) is 3.77. The van der Waals surface area contributed by atoms with Crippen LogP contribution in [0.25, 0.3) is 0 Å². The zero-order valence-corrected chi connectivity index (χ0v) is 9.22. The molecule has 0 amide bonds. The van der Waals surface area contributed by atoms with Gasteiger partial charge >= 0.3 is 6.36 Å². The van der Waals surface area contributed by atoms with Crippen molar-refractivity contribution in [3.63, 3.8) is 0 Å². The maximum Gasteiger partial charge on any atom is 0.573 e. The van der Waals surface area contributed by atoms with Gasteiger partial charge in [0, 0.05) is 0 Å². The lowest BCUT2D eigenvalue weighted by Crippen LogP contribution is -2.20. The molecule has 17 heavy (non-hydrogen) atoms. The summed E-state index contributed by atoms with van der Waals surface area (Å²) in [5.74, 6) is -1.53. The molecule has 1 rings (SSSR count). The van der Waals surface area contributed by atoms with E-state index in [0.29, 0.717) is 0 Å². The molecule has 3 nitrogen and oxygen atoms in total. The fraction of sp³-hybridized carbons (Fsp3) is 0.200. The fourth-order valence-electron chi connectivity index (χ4n) is 1.19.